The van der Waals surface area contributed by atoms with Crippen LogP contribution in [0, 0.1) is 31.3 Å². The van der Waals surface area contributed by atoms with Crippen molar-refractivity contribution in [2.75, 3.05) is 0 Å². The molecular weight excluding hydrogens is 201 g/mol. The molecule has 0 aliphatic rings. The van der Waals surface area contributed by atoms with E-state index in [0.717, 1.165) is 6.07 Å². The highest BCUT2D eigenvalue weighted by Gasteiger charge is 2.13. The van der Waals surface area contributed by atoms with Crippen LogP contribution in [0.15, 0.2) is 18.2 Å². The summed E-state index contributed by atoms with van der Waals surface area (Å²) in [6, 6.07) is 3.95. The first-order valence-corrected chi connectivity index (χ1v) is 4.55. The Kier molecular flexibility index (Phi) is 2.18. The van der Waals surface area contributed by atoms with Crippen molar-refractivity contribution in [2.24, 2.45) is 0 Å². The van der Waals surface area contributed by atoms with Gasteiger partial charge in [0, 0.05) is 5.56 Å². The van der Waals surface area contributed by atoms with Crippen molar-refractivity contribution in [1.29, 1.82) is 0 Å². The van der Waals surface area contributed by atoms with E-state index in [9.17, 15) is 13.2 Å². The number of fused-ring (bicyclic) bond motifs is 1. The van der Waals surface area contributed by atoms with Crippen molar-refractivity contribution >= 4 is 10.8 Å². The number of rotatable bonds is 0. The molecule has 78 valence electrons. The second-order valence-electron chi connectivity index (χ2n) is 3.64. The molecular formula is C12H9F3. The highest BCUT2D eigenvalue weighted by Crippen LogP contribution is 2.26. The zero-order valence-electron chi connectivity index (χ0n) is 8.37. The second-order valence-corrected chi connectivity index (χ2v) is 3.64. The maximum atomic E-state index is 13.6. The fourth-order valence-corrected chi connectivity index (χ4v) is 1.65. The minimum absolute atomic E-state index is 0.139. The standard InChI is InChI=1S/C12H9F3/c1-6-3-8-5-9(13)7(2)12(15)11(8)10(14)4-6/h3-5H,1-2H3. The molecule has 15 heavy (non-hydrogen) atoms. The Bertz CT molecular complexity index is 544. The Morgan fingerprint density at radius 1 is 0.867 bits per heavy atom. The molecule has 0 aliphatic heterocycles. The lowest BCUT2D eigenvalue weighted by molar-refractivity contribution is 0.568. The summed E-state index contributed by atoms with van der Waals surface area (Å²) in [5.41, 5.74) is 0.493. The van der Waals surface area contributed by atoms with Crippen LogP contribution in [0.2, 0.25) is 0 Å². The van der Waals surface area contributed by atoms with Gasteiger partial charge in [-0.1, -0.05) is 6.07 Å². The van der Waals surface area contributed by atoms with Crippen LogP contribution in [0.4, 0.5) is 13.2 Å². The number of hydrogen-bond donors (Lipinski definition) is 0. The van der Waals surface area contributed by atoms with Crippen LogP contribution < -0.4 is 0 Å². The summed E-state index contributed by atoms with van der Waals surface area (Å²) in [7, 11) is 0. The molecule has 0 bridgehead atoms. The summed E-state index contributed by atoms with van der Waals surface area (Å²) in [6.45, 7) is 2.97. The molecule has 0 saturated heterocycles. The maximum Gasteiger partial charge on any atom is 0.139 e. The lowest BCUT2D eigenvalue weighted by Gasteiger charge is -2.06. The first-order valence-electron chi connectivity index (χ1n) is 4.55. The van der Waals surface area contributed by atoms with E-state index in [2.05, 4.69) is 0 Å². The molecule has 3 heteroatoms. The highest BCUT2D eigenvalue weighted by molar-refractivity contribution is 5.85. The molecule has 0 atom stereocenters. The predicted molar refractivity (Wildman–Crippen MR) is 53.3 cm³/mol. The molecule has 0 aliphatic carbocycles. The summed E-state index contributed by atoms with van der Waals surface area (Å²) >= 11 is 0. The zero-order chi connectivity index (χ0) is 11.2. The van der Waals surface area contributed by atoms with Crippen LogP contribution in [0.3, 0.4) is 0 Å². The normalized spacial score (nSPS) is 11.0. The first kappa shape index (κ1) is 10.0. The van der Waals surface area contributed by atoms with Crippen LogP contribution in [-0.4, -0.2) is 0 Å². The van der Waals surface area contributed by atoms with Gasteiger partial charge in [0.15, 0.2) is 0 Å². The van der Waals surface area contributed by atoms with Crippen LogP contribution in [0.5, 0.6) is 0 Å². The molecule has 0 heterocycles. The molecule has 0 nitrogen and oxygen atoms in total. The topological polar surface area (TPSA) is 0 Å². The smallest absolute Gasteiger partial charge is 0.139 e. The molecule has 0 radical (unpaired) electrons. The van der Waals surface area contributed by atoms with Crippen molar-refractivity contribution in [2.45, 2.75) is 13.8 Å². The van der Waals surface area contributed by atoms with Gasteiger partial charge in [-0.2, -0.15) is 0 Å². The molecule has 0 unspecified atom stereocenters. The quantitative estimate of drug-likeness (QED) is 0.619. The van der Waals surface area contributed by atoms with Gasteiger partial charge in [0.2, 0.25) is 0 Å². The largest absolute Gasteiger partial charge is 0.207 e. The maximum absolute atomic E-state index is 13.6. The van der Waals surface area contributed by atoms with E-state index >= 15 is 0 Å². The summed E-state index contributed by atoms with van der Waals surface area (Å²) in [4.78, 5) is 0. The predicted octanol–water partition coefficient (Wildman–Crippen LogP) is 3.87. The number of hydrogen-bond acceptors (Lipinski definition) is 0. The van der Waals surface area contributed by atoms with E-state index in [-0.39, 0.29) is 16.3 Å². The van der Waals surface area contributed by atoms with Gasteiger partial charge in [0.1, 0.15) is 17.5 Å². The van der Waals surface area contributed by atoms with E-state index in [1.807, 2.05) is 0 Å². The van der Waals surface area contributed by atoms with Gasteiger partial charge in [0.05, 0.1) is 5.39 Å². The summed E-state index contributed by atoms with van der Waals surface area (Å²) in [5, 5.41) is 0.118. The van der Waals surface area contributed by atoms with E-state index in [1.165, 1.54) is 13.0 Å². The van der Waals surface area contributed by atoms with Crippen LogP contribution in [0.25, 0.3) is 10.8 Å². The molecule has 2 aromatic carbocycles. The van der Waals surface area contributed by atoms with Crippen molar-refractivity contribution in [3.8, 4) is 0 Å². The molecule has 0 aromatic heterocycles. The minimum Gasteiger partial charge on any atom is -0.207 e. The Morgan fingerprint density at radius 3 is 2.20 bits per heavy atom. The van der Waals surface area contributed by atoms with E-state index < -0.39 is 17.5 Å². The number of aryl methyl sites for hydroxylation is 1. The van der Waals surface area contributed by atoms with Gasteiger partial charge in [-0.3, -0.25) is 0 Å². The average molecular weight is 210 g/mol. The van der Waals surface area contributed by atoms with E-state index in [0.29, 0.717) is 5.56 Å². The molecule has 0 amide bonds. The molecule has 2 aromatic rings. The van der Waals surface area contributed by atoms with Gasteiger partial charge < -0.3 is 0 Å². The first-order chi connectivity index (χ1) is 7.00. The Hall–Kier alpha value is -1.51. The third-order valence-corrected chi connectivity index (χ3v) is 2.45. The number of halogens is 3. The van der Waals surface area contributed by atoms with Crippen LogP contribution in [0.1, 0.15) is 11.1 Å². The average Bonchev–Trinajstić information content (AvgIpc) is 2.13. The zero-order valence-corrected chi connectivity index (χ0v) is 8.37. The Morgan fingerprint density at radius 2 is 1.53 bits per heavy atom. The second kappa shape index (κ2) is 3.26. The van der Waals surface area contributed by atoms with Crippen molar-refractivity contribution in [1.82, 2.24) is 0 Å². The summed E-state index contributed by atoms with van der Waals surface area (Å²) in [6.07, 6.45) is 0. The Labute approximate surface area is 85.3 Å². The van der Waals surface area contributed by atoms with Gasteiger partial charge >= 0.3 is 0 Å². The SMILES string of the molecule is Cc1cc(F)c2c(F)c(C)c(F)cc2c1. The third kappa shape index (κ3) is 1.48. The molecule has 0 spiro atoms. The fraction of sp³-hybridized carbons (Fsp3) is 0.167. The Balaban J connectivity index is 2.99. The monoisotopic (exact) mass is 210 g/mol. The molecule has 0 N–H and O–H groups in total. The van der Waals surface area contributed by atoms with Crippen molar-refractivity contribution < 1.29 is 13.2 Å². The third-order valence-electron chi connectivity index (χ3n) is 2.45. The van der Waals surface area contributed by atoms with Gasteiger partial charge in [-0.25, -0.2) is 13.2 Å². The van der Waals surface area contributed by atoms with E-state index in [1.54, 1.807) is 13.0 Å². The summed E-state index contributed by atoms with van der Waals surface area (Å²) < 4.78 is 40.2. The lowest BCUT2D eigenvalue weighted by Crippen LogP contribution is -1.94. The fourth-order valence-electron chi connectivity index (χ4n) is 1.65. The van der Waals surface area contributed by atoms with Crippen molar-refractivity contribution in [3.63, 3.8) is 0 Å². The molecule has 2 rings (SSSR count). The highest BCUT2D eigenvalue weighted by atomic mass is 19.1. The summed E-state index contributed by atoms with van der Waals surface area (Å²) in [5.74, 6) is -2.11. The minimum atomic E-state index is -0.817. The van der Waals surface area contributed by atoms with Crippen molar-refractivity contribution in [3.05, 3.63) is 46.8 Å². The van der Waals surface area contributed by atoms with E-state index in [4.69, 9.17) is 0 Å². The molecule has 0 saturated carbocycles. The van der Waals surface area contributed by atoms with Crippen LogP contribution >= 0.6 is 0 Å². The molecule has 0 fully saturated rings. The van der Waals surface area contributed by atoms with Crippen LogP contribution in [-0.2, 0) is 0 Å². The van der Waals surface area contributed by atoms with Gasteiger partial charge in [-0.15, -0.1) is 0 Å². The lowest BCUT2D eigenvalue weighted by atomic mass is 10.0. The van der Waals surface area contributed by atoms with Gasteiger partial charge in [0.25, 0.3) is 0 Å². The number of benzene rings is 2. The van der Waals surface area contributed by atoms with Gasteiger partial charge in [-0.05, 0) is 36.9 Å².